The van der Waals surface area contributed by atoms with Crippen LogP contribution in [0.4, 0.5) is 0 Å². The Morgan fingerprint density at radius 1 is 1.33 bits per heavy atom. The van der Waals surface area contributed by atoms with Gasteiger partial charge in [-0.05, 0) is 48.8 Å². The number of nitrogens with zero attached hydrogens (tertiary/aromatic N) is 1. The van der Waals surface area contributed by atoms with Crippen LogP contribution in [0.15, 0.2) is 48.2 Å². The van der Waals surface area contributed by atoms with Crippen LogP contribution >= 0.6 is 23.8 Å². The highest BCUT2D eigenvalue weighted by atomic mass is 35.5. The number of amides is 1. The predicted octanol–water partition coefficient (Wildman–Crippen LogP) is 3.06. The number of halogens is 1. The van der Waals surface area contributed by atoms with Crippen molar-refractivity contribution in [1.82, 2.24) is 10.2 Å². The van der Waals surface area contributed by atoms with E-state index in [0.717, 1.165) is 24.1 Å². The van der Waals surface area contributed by atoms with Crippen molar-refractivity contribution in [3.63, 3.8) is 0 Å². The maximum atomic E-state index is 12.5. The smallest absolute Gasteiger partial charge is 0.238 e. The number of thiocarbonyl (C=S) groups is 1. The average Bonchev–Trinajstić information content (AvgIpc) is 2.49. The predicted molar refractivity (Wildman–Crippen MR) is 87.9 cm³/mol. The molecular formula is C16H15ClN2OS. The number of rotatable bonds is 3. The van der Waals surface area contributed by atoms with Gasteiger partial charge in [0, 0.05) is 17.3 Å². The van der Waals surface area contributed by atoms with Crippen LogP contribution in [-0.4, -0.2) is 22.5 Å². The Balaban J connectivity index is 1.69. The first-order valence-electron chi connectivity index (χ1n) is 6.88. The highest BCUT2D eigenvalue weighted by Gasteiger charge is 2.35. The number of nitrogens with one attached hydrogen (secondary N) is 1. The van der Waals surface area contributed by atoms with Gasteiger partial charge in [-0.2, -0.15) is 0 Å². The zero-order valence-electron chi connectivity index (χ0n) is 11.4. The number of allylic oxidation sites excluding steroid dienone is 3. The zero-order chi connectivity index (χ0) is 14.8. The molecule has 0 bridgehead atoms. The van der Waals surface area contributed by atoms with E-state index >= 15 is 0 Å². The summed E-state index contributed by atoms with van der Waals surface area (Å²) >= 11 is 11.2. The second-order valence-electron chi connectivity index (χ2n) is 5.13. The van der Waals surface area contributed by atoms with E-state index in [0.29, 0.717) is 16.7 Å². The molecule has 0 saturated carbocycles. The van der Waals surface area contributed by atoms with Crippen LogP contribution in [0, 0.1) is 5.92 Å². The molecule has 1 aromatic carbocycles. The summed E-state index contributed by atoms with van der Waals surface area (Å²) in [5, 5.41) is 4.38. The molecular weight excluding hydrogens is 304 g/mol. The minimum Gasteiger partial charge on any atom is -0.335 e. The molecule has 1 N–H and O–H groups in total. The van der Waals surface area contributed by atoms with Crippen LogP contribution < -0.4 is 5.32 Å². The molecule has 2 aliphatic rings. The molecule has 0 unspecified atom stereocenters. The van der Waals surface area contributed by atoms with Crippen molar-refractivity contribution in [1.29, 1.82) is 0 Å². The molecule has 1 aliphatic heterocycles. The quantitative estimate of drug-likeness (QED) is 0.869. The van der Waals surface area contributed by atoms with Gasteiger partial charge in [0.15, 0.2) is 5.11 Å². The molecule has 0 spiro atoms. The van der Waals surface area contributed by atoms with Crippen LogP contribution in [0.5, 0.6) is 0 Å². The van der Waals surface area contributed by atoms with Gasteiger partial charge in [0.1, 0.15) is 0 Å². The Bertz CT molecular complexity index is 636. The molecule has 1 aromatic rings. The standard InChI is InChI=1S/C16H15ClN2OS/c17-12-7-5-11(6-8-12)9-10-19-15(20)13-3-1-2-4-14(13)18-16(19)21/h1-2,4-8,13H,3,9-10H2,(H,18,21)/t13-/m0/s1. The molecule has 1 amide bonds. The van der Waals surface area contributed by atoms with Gasteiger partial charge in [-0.3, -0.25) is 9.69 Å². The average molecular weight is 319 g/mol. The van der Waals surface area contributed by atoms with E-state index in [9.17, 15) is 4.79 Å². The highest BCUT2D eigenvalue weighted by Crippen LogP contribution is 2.25. The van der Waals surface area contributed by atoms with E-state index in [2.05, 4.69) is 5.32 Å². The maximum absolute atomic E-state index is 12.5. The molecule has 1 atom stereocenters. The fourth-order valence-corrected chi connectivity index (χ4v) is 3.00. The Hall–Kier alpha value is -1.65. The minimum atomic E-state index is -0.119. The summed E-state index contributed by atoms with van der Waals surface area (Å²) in [4.78, 5) is 14.2. The molecule has 108 valence electrons. The second kappa shape index (κ2) is 6.00. The topological polar surface area (TPSA) is 32.3 Å². The number of benzene rings is 1. The largest absolute Gasteiger partial charge is 0.335 e. The van der Waals surface area contributed by atoms with Gasteiger partial charge in [0.2, 0.25) is 5.91 Å². The molecule has 0 radical (unpaired) electrons. The lowest BCUT2D eigenvalue weighted by atomic mass is 9.93. The first kappa shape index (κ1) is 14.3. The van der Waals surface area contributed by atoms with Crippen molar-refractivity contribution in [2.24, 2.45) is 5.92 Å². The number of hydrogen-bond donors (Lipinski definition) is 1. The van der Waals surface area contributed by atoms with Gasteiger partial charge in [-0.15, -0.1) is 0 Å². The summed E-state index contributed by atoms with van der Waals surface area (Å²) in [5.41, 5.74) is 2.05. The Morgan fingerprint density at radius 3 is 2.86 bits per heavy atom. The van der Waals surface area contributed by atoms with Crippen LogP contribution in [0.3, 0.4) is 0 Å². The van der Waals surface area contributed by atoms with Crippen LogP contribution in [0.25, 0.3) is 0 Å². The van der Waals surface area contributed by atoms with Crippen LogP contribution in [0.2, 0.25) is 5.02 Å². The molecule has 1 heterocycles. The second-order valence-corrected chi connectivity index (χ2v) is 5.96. The van der Waals surface area contributed by atoms with Gasteiger partial charge >= 0.3 is 0 Å². The lowest BCUT2D eigenvalue weighted by Gasteiger charge is -2.36. The lowest BCUT2D eigenvalue weighted by molar-refractivity contribution is -0.131. The minimum absolute atomic E-state index is 0.0864. The molecule has 3 nitrogen and oxygen atoms in total. The van der Waals surface area contributed by atoms with E-state index in [1.165, 1.54) is 0 Å². The van der Waals surface area contributed by atoms with Gasteiger partial charge in [-0.1, -0.05) is 35.9 Å². The zero-order valence-corrected chi connectivity index (χ0v) is 13.0. The first-order chi connectivity index (χ1) is 10.1. The third kappa shape index (κ3) is 3.01. The number of carbonyl (C=O) groups excluding carboxylic acids is 1. The number of carbonyl (C=O) groups is 1. The summed E-state index contributed by atoms with van der Waals surface area (Å²) in [6, 6.07) is 7.67. The normalized spacial score (nSPS) is 20.9. The molecule has 3 rings (SSSR count). The van der Waals surface area contributed by atoms with Crippen molar-refractivity contribution in [2.45, 2.75) is 12.8 Å². The molecule has 0 aromatic heterocycles. The van der Waals surface area contributed by atoms with E-state index in [-0.39, 0.29) is 11.8 Å². The summed E-state index contributed by atoms with van der Waals surface area (Å²) < 4.78 is 0. The van der Waals surface area contributed by atoms with Crippen molar-refractivity contribution in [3.05, 3.63) is 58.8 Å². The number of hydrogen-bond acceptors (Lipinski definition) is 2. The Labute approximate surface area is 134 Å². The lowest BCUT2D eigenvalue weighted by Crippen LogP contribution is -2.54. The van der Waals surface area contributed by atoms with Gasteiger partial charge in [-0.25, -0.2) is 0 Å². The summed E-state index contributed by atoms with van der Waals surface area (Å²) in [6.07, 6.45) is 7.39. The van der Waals surface area contributed by atoms with Gasteiger partial charge in [0.25, 0.3) is 0 Å². The molecule has 1 aliphatic carbocycles. The Morgan fingerprint density at radius 2 is 2.10 bits per heavy atom. The maximum Gasteiger partial charge on any atom is 0.238 e. The number of fused-ring (bicyclic) bond motifs is 1. The van der Waals surface area contributed by atoms with E-state index in [1.54, 1.807) is 4.90 Å². The first-order valence-corrected chi connectivity index (χ1v) is 7.67. The van der Waals surface area contributed by atoms with E-state index in [4.69, 9.17) is 23.8 Å². The SMILES string of the molecule is O=C1[C@H]2CC=CC=C2NC(=S)N1CCc1ccc(Cl)cc1. The summed E-state index contributed by atoms with van der Waals surface area (Å²) in [6.45, 7) is 0.583. The highest BCUT2D eigenvalue weighted by molar-refractivity contribution is 7.80. The third-order valence-corrected chi connectivity index (χ3v) is 4.33. The fraction of sp³-hybridized carbons (Fsp3) is 0.250. The van der Waals surface area contributed by atoms with Gasteiger partial charge < -0.3 is 5.32 Å². The van der Waals surface area contributed by atoms with Crippen LogP contribution in [-0.2, 0) is 11.2 Å². The molecule has 5 heteroatoms. The third-order valence-electron chi connectivity index (χ3n) is 3.76. The van der Waals surface area contributed by atoms with E-state index < -0.39 is 0 Å². The molecule has 1 saturated heterocycles. The Kier molecular flexibility index (Phi) is 4.08. The van der Waals surface area contributed by atoms with Crippen LogP contribution in [0.1, 0.15) is 12.0 Å². The van der Waals surface area contributed by atoms with Gasteiger partial charge in [0.05, 0.1) is 5.92 Å². The summed E-state index contributed by atoms with van der Waals surface area (Å²) in [7, 11) is 0. The van der Waals surface area contributed by atoms with Crippen molar-refractivity contribution < 1.29 is 4.79 Å². The monoisotopic (exact) mass is 318 g/mol. The fourth-order valence-electron chi connectivity index (χ4n) is 2.57. The molecule has 21 heavy (non-hydrogen) atoms. The van der Waals surface area contributed by atoms with Crippen molar-refractivity contribution in [2.75, 3.05) is 6.54 Å². The van der Waals surface area contributed by atoms with E-state index in [1.807, 2.05) is 42.5 Å². The van der Waals surface area contributed by atoms with Crippen molar-refractivity contribution in [3.8, 4) is 0 Å². The molecule has 1 fully saturated rings. The summed E-state index contributed by atoms with van der Waals surface area (Å²) in [5.74, 6) is -0.0322. The van der Waals surface area contributed by atoms with Crippen molar-refractivity contribution >= 4 is 34.8 Å².